The molecule has 0 atom stereocenters. The second-order valence-corrected chi connectivity index (χ2v) is 11.7. The molecule has 52 heavy (non-hydrogen) atoms. The first-order valence-electron chi connectivity index (χ1n) is 16.6. The van der Waals surface area contributed by atoms with E-state index >= 15 is 0 Å². The van der Waals surface area contributed by atoms with E-state index in [0.29, 0.717) is 35.9 Å². The van der Waals surface area contributed by atoms with Gasteiger partial charge in [-0.15, -0.1) is 0 Å². The zero-order valence-corrected chi connectivity index (χ0v) is 29.4. The number of pyridine rings is 2. The fraction of sp³-hybridized carbons (Fsp3) is 0.179. The van der Waals surface area contributed by atoms with Crippen molar-refractivity contribution in [3.63, 3.8) is 0 Å². The summed E-state index contributed by atoms with van der Waals surface area (Å²) >= 11 is 0. The van der Waals surface area contributed by atoms with Crippen LogP contribution >= 0.6 is 0 Å². The molecule has 2 aromatic carbocycles. The second kappa shape index (κ2) is 16.3. The van der Waals surface area contributed by atoms with Gasteiger partial charge >= 0.3 is 0 Å². The van der Waals surface area contributed by atoms with Crippen molar-refractivity contribution in [1.82, 2.24) is 29.5 Å². The Bertz CT molecular complexity index is 2380. The van der Waals surface area contributed by atoms with E-state index in [9.17, 15) is 24.0 Å². The lowest BCUT2D eigenvalue weighted by Gasteiger charge is -2.16. The average molecular weight is 699 g/mol. The molecule has 6 aromatic rings. The van der Waals surface area contributed by atoms with Gasteiger partial charge in [-0.2, -0.15) is 10.2 Å². The van der Waals surface area contributed by atoms with Crippen LogP contribution in [-0.2, 0) is 13.1 Å². The van der Waals surface area contributed by atoms with Crippen LogP contribution < -0.4 is 27.3 Å². The highest BCUT2D eigenvalue weighted by atomic mass is 16.2. The molecule has 4 aromatic heterocycles. The maximum atomic E-state index is 12.8. The Morgan fingerprint density at radius 1 is 0.654 bits per heavy atom. The van der Waals surface area contributed by atoms with Gasteiger partial charge in [0.05, 0.1) is 28.7 Å². The number of Topliss-reactive ketones (excluding diaryl/α,β-unsaturated/α-hetero) is 2. The molecule has 3 N–H and O–H groups in total. The molecule has 0 spiro atoms. The Balaban J connectivity index is 0.000000201. The molecule has 0 unspecified atom stereocenters. The molecule has 6 rings (SSSR count). The Hall–Kier alpha value is -6.76. The molecular formula is C39H38N8O5. The minimum atomic E-state index is -0.399. The summed E-state index contributed by atoms with van der Waals surface area (Å²) in [6, 6.07) is 25.2. The lowest BCUT2D eigenvalue weighted by molar-refractivity contribution is 0.101. The number of carbonyl (C=O) groups is 2. The Morgan fingerprint density at radius 3 is 1.50 bits per heavy atom. The fourth-order valence-electron chi connectivity index (χ4n) is 5.40. The molecule has 0 aliphatic carbocycles. The maximum Gasteiger partial charge on any atom is 0.291 e. The van der Waals surface area contributed by atoms with Gasteiger partial charge in [0.15, 0.2) is 11.6 Å². The van der Waals surface area contributed by atoms with Crippen LogP contribution in [0.25, 0.3) is 22.5 Å². The van der Waals surface area contributed by atoms with Crippen LogP contribution in [0.5, 0.6) is 0 Å². The number of anilines is 4. The zero-order chi connectivity index (χ0) is 37.4. The summed E-state index contributed by atoms with van der Waals surface area (Å²) in [7, 11) is 0. The monoisotopic (exact) mass is 698 g/mol. The average Bonchev–Trinajstić information content (AvgIpc) is 3.15. The smallest absolute Gasteiger partial charge is 0.291 e. The summed E-state index contributed by atoms with van der Waals surface area (Å²) in [5, 5.41) is 14.9. The van der Waals surface area contributed by atoms with Gasteiger partial charge in [-0.1, -0.05) is 60.7 Å². The van der Waals surface area contributed by atoms with Crippen LogP contribution in [0.1, 0.15) is 54.1 Å². The SMILES string of the molecule is CCn1nc(-c2ccccc2)c(C(C)=O)c(Nc2ccc(=O)[nH]c2)c1=O.CCn1nc(-c2ccccc2)c(C(C)=O)c(Nc2ccc(C)nc2)c1=O. The van der Waals surface area contributed by atoms with Gasteiger partial charge in [-0.25, -0.2) is 9.36 Å². The van der Waals surface area contributed by atoms with Crippen LogP contribution in [0.3, 0.4) is 0 Å². The molecule has 0 amide bonds. The number of ketones is 2. The molecule has 264 valence electrons. The largest absolute Gasteiger partial charge is 0.349 e. The van der Waals surface area contributed by atoms with Gasteiger partial charge in [-0.3, -0.25) is 29.0 Å². The number of nitrogens with one attached hydrogen (secondary N) is 3. The van der Waals surface area contributed by atoms with Crippen LogP contribution in [-0.4, -0.2) is 41.1 Å². The normalized spacial score (nSPS) is 10.6. The summed E-state index contributed by atoms with van der Waals surface area (Å²) in [6.45, 7) is 9.13. The zero-order valence-electron chi connectivity index (χ0n) is 29.4. The molecule has 0 fully saturated rings. The van der Waals surface area contributed by atoms with Crippen molar-refractivity contribution in [2.24, 2.45) is 0 Å². The number of hydrogen-bond acceptors (Lipinski definition) is 10. The van der Waals surface area contributed by atoms with Gasteiger partial charge in [0, 0.05) is 42.2 Å². The molecule has 0 aliphatic rings. The molecule has 0 saturated heterocycles. The first kappa shape index (κ1) is 36.5. The van der Waals surface area contributed by atoms with E-state index < -0.39 is 5.56 Å². The molecule has 0 radical (unpaired) electrons. The summed E-state index contributed by atoms with van der Waals surface area (Å²) in [5.41, 5.74) is 4.33. The number of carbonyl (C=O) groups excluding carboxylic acids is 2. The number of aryl methyl sites for hydroxylation is 3. The highest BCUT2D eigenvalue weighted by molar-refractivity contribution is 6.06. The van der Waals surface area contributed by atoms with Crippen molar-refractivity contribution in [2.75, 3.05) is 10.6 Å². The van der Waals surface area contributed by atoms with E-state index in [2.05, 4.69) is 30.8 Å². The van der Waals surface area contributed by atoms with Crippen molar-refractivity contribution in [3.05, 3.63) is 145 Å². The van der Waals surface area contributed by atoms with Crippen LogP contribution in [0.15, 0.2) is 112 Å². The molecule has 13 nitrogen and oxygen atoms in total. The second-order valence-electron chi connectivity index (χ2n) is 11.7. The van der Waals surface area contributed by atoms with E-state index in [1.54, 1.807) is 19.2 Å². The highest BCUT2D eigenvalue weighted by Gasteiger charge is 2.23. The molecule has 0 saturated carbocycles. The maximum absolute atomic E-state index is 12.8. The standard InChI is InChI=1S/C20H20N4O2.C19H18N4O3/c1-4-24-20(26)19(22-16-11-10-13(2)21-12-16)17(14(3)25)18(23-24)15-8-6-5-7-9-15;1-3-23-19(26)18(21-14-9-10-15(25)20-11-14)16(12(2)24)17(22-23)13-7-5-4-6-8-13/h5-12,22H,4H2,1-3H3;4-11,21H,3H2,1-2H3,(H,20,25). The van der Waals surface area contributed by atoms with E-state index in [1.165, 1.54) is 35.5 Å². The van der Waals surface area contributed by atoms with Gasteiger partial charge in [0.2, 0.25) is 5.56 Å². The van der Waals surface area contributed by atoms with E-state index in [-0.39, 0.29) is 45.2 Å². The minimum absolute atomic E-state index is 0.139. The Morgan fingerprint density at radius 2 is 1.12 bits per heavy atom. The Labute approximate surface area is 299 Å². The topological polar surface area (TPSA) is 174 Å². The van der Waals surface area contributed by atoms with Crippen LogP contribution in [0.4, 0.5) is 22.7 Å². The lowest BCUT2D eigenvalue weighted by Crippen LogP contribution is -2.28. The van der Waals surface area contributed by atoms with Crippen molar-refractivity contribution >= 4 is 34.3 Å². The lowest BCUT2D eigenvalue weighted by atomic mass is 10.0. The number of H-pyrrole nitrogens is 1. The van der Waals surface area contributed by atoms with Crippen molar-refractivity contribution in [3.8, 4) is 22.5 Å². The third-order valence-electron chi connectivity index (χ3n) is 7.94. The van der Waals surface area contributed by atoms with Crippen LogP contribution in [0, 0.1) is 6.92 Å². The molecule has 4 heterocycles. The summed E-state index contributed by atoms with van der Waals surface area (Å²) < 4.78 is 2.67. The van der Waals surface area contributed by atoms with Crippen LogP contribution in [0.2, 0.25) is 0 Å². The molecule has 13 heteroatoms. The number of rotatable bonds is 10. The van der Waals surface area contributed by atoms with Gasteiger partial charge in [0.1, 0.15) is 22.8 Å². The number of aromatic amines is 1. The predicted octanol–water partition coefficient (Wildman–Crippen LogP) is 6.14. The van der Waals surface area contributed by atoms with Gasteiger partial charge in [0.25, 0.3) is 11.1 Å². The van der Waals surface area contributed by atoms with Crippen molar-refractivity contribution < 1.29 is 9.59 Å². The van der Waals surface area contributed by atoms with E-state index in [1.807, 2.05) is 86.6 Å². The molecule has 0 bridgehead atoms. The third kappa shape index (κ3) is 8.16. The van der Waals surface area contributed by atoms with E-state index in [4.69, 9.17) is 0 Å². The Kier molecular flexibility index (Phi) is 11.4. The summed E-state index contributed by atoms with van der Waals surface area (Å²) in [6.07, 6.45) is 3.09. The number of hydrogen-bond donors (Lipinski definition) is 3. The summed E-state index contributed by atoms with van der Waals surface area (Å²) in [5.74, 6) is -0.497. The summed E-state index contributed by atoms with van der Waals surface area (Å²) in [4.78, 5) is 68.4. The minimum Gasteiger partial charge on any atom is -0.349 e. The number of nitrogens with zero attached hydrogens (tertiary/aromatic N) is 5. The molecule has 0 aliphatic heterocycles. The highest BCUT2D eigenvalue weighted by Crippen LogP contribution is 2.28. The quantitative estimate of drug-likeness (QED) is 0.141. The molecular weight excluding hydrogens is 660 g/mol. The van der Waals surface area contributed by atoms with E-state index in [0.717, 1.165) is 16.8 Å². The van der Waals surface area contributed by atoms with Gasteiger partial charge < -0.3 is 15.6 Å². The first-order valence-corrected chi connectivity index (χ1v) is 16.6. The van der Waals surface area contributed by atoms with Crippen molar-refractivity contribution in [2.45, 2.75) is 47.7 Å². The van der Waals surface area contributed by atoms with Gasteiger partial charge in [-0.05, 0) is 52.8 Å². The fourth-order valence-corrected chi connectivity index (χ4v) is 5.40. The number of aromatic nitrogens is 6. The first-order chi connectivity index (χ1) is 25.0. The van der Waals surface area contributed by atoms with Crippen molar-refractivity contribution in [1.29, 1.82) is 0 Å². The third-order valence-corrected chi connectivity index (χ3v) is 7.94. The number of benzene rings is 2. The predicted molar refractivity (Wildman–Crippen MR) is 202 cm³/mol.